The average molecular weight is 324 g/mol. The van der Waals surface area contributed by atoms with Crippen LogP contribution in [0.5, 0.6) is 0 Å². The van der Waals surface area contributed by atoms with Crippen molar-refractivity contribution in [1.29, 1.82) is 0 Å². The summed E-state index contributed by atoms with van der Waals surface area (Å²) >= 11 is 0. The van der Waals surface area contributed by atoms with Crippen LogP contribution in [0.2, 0.25) is 0 Å². The molecule has 0 radical (unpaired) electrons. The number of hydrogen-bond donors (Lipinski definition) is 0. The molecule has 24 heavy (non-hydrogen) atoms. The Kier molecular flexibility index (Phi) is 6.44. The Hall–Kier alpha value is -2.26. The van der Waals surface area contributed by atoms with E-state index in [1.54, 1.807) is 48.5 Å². The van der Waals surface area contributed by atoms with E-state index in [0.717, 1.165) is 12.8 Å². The third kappa shape index (κ3) is 3.80. The number of carbonyl (C=O) groups is 2. The van der Waals surface area contributed by atoms with Gasteiger partial charge in [-0.1, -0.05) is 74.0 Å². The van der Waals surface area contributed by atoms with E-state index in [1.807, 2.05) is 26.0 Å². The van der Waals surface area contributed by atoms with E-state index in [1.165, 1.54) is 0 Å². The van der Waals surface area contributed by atoms with Gasteiger partial charge in [0.05, 0.1) is 0 Å². The minimum absolute atomic E-state index is 0.257. The Morgan fingerprint density at radius 2 is 1.29 bits per heavy atom. The normalized spacial score (nSPS) is 11.2. The largest absolute Gasteiger partial charge is 0.359 e. The molecule has 3 nitrogen and oxygen atoms in total. The number of unbranched alkanes of at least 4 members (excludes halogenated alkanes) is 1. The fourth-order valence-electron chi connectivity index (χ4n) is 2.85. The van der Waals surface area contributed by atoms with Gasteiger partial charge in [0, 0.05) is 17.7 Å². The lowest BCUT2D eigenvalue weighted by Crippen LogP contribution is -2.49. The molecule has 0 aliphatic carbocycles. The number of Topliss-reactive ketones (excluding diaryl/α,β-unsaturated/α-hetero) is 2. The smallest absolute Gasteiger partial charge is 0.202 e. The van der Waals surface area contributed by atoms with Crippen molar-refractivity contribution in [2.45, 2.75) is 38.7 Å². The van der Waals surface area contributed by atoms with Crippen LogP contribution in [0.3, 0.4) is 0 Å². The molecule has 126 valence electrons. The first-order chi connectivity index (χ1) is 11.7. The minimum Gasteiger partial charge on any atom is -0.359 e. The molecule has 0 spiro atoms. The highest BCUT2D eigenvalue weighted by atomic mass is 16.5. The van der Waals surface area contributed by atoms with E-state index in [0.29, 0.717) is 24.2 Å². The summed E-state index contributed by atoms with van der Waals surface area (Å²) in [5, 5.41) is 0. The van der Waals surface area contributed by atoms with Crippen molar-refractivity contribution in [1.82, 2.24) is 0 Å². The van der Waals surface area contributed by atoms with Crippen molar-refractivity contribution in [3.8, 4) is 0 Å². The van der Waals surface area contributed by atoms with Crippen LogP contribution in [0.1, 0.15) is 53.8 Å². The first-order valence-electron chi connectivity index (χ1n) is 8.49. The van der Waals surface area contributed by atoms with Gasteiger partial charge in [-0.2, -0.15) is 0 Å². The lowest BCUT2D eigenvalue weighted by atomic mass is 9.81. The van der Waals surface area contributed by atoms with Gasteiger partial charge in [0.2, 0.25) is 11.6 Å². The zero-order valence-corrected chi connectivity index (χ0v) is 14.3. The van der Waals surface area contributed by atoms with Crippen LogP contribution in [0.15, 0.2) is 60.7 Å². The monoisotopic (exact) mass is 324 g/mol. The van der Waals surface area contributed by atoms with Crippen molar-refractivity contribution in [2.24, 2.45) is 0 Å². The molecule has 0 aliphatic heterocycles. The predicted molar refractivity (Wildman–Crippen MR) is 95.4 cm³/mol. The Morgan fingerprint density at radius 1 is 0.833 bits per heavy atom. The molecular formula is C21H24O3. The molecule has 0 fully saturated rings. The fraction of sp³-hybridized carbons (Fsp3) is 0.333. The van der Waals surface area contributed by atoms with Crippen molar-refractivity contribution < 1.29 is 14.3 Å². The maximum Gasteiger partial charge on any atom is 0.202 e. The van der Waals surface area contributed by atoms with E-state index in [9.17, 15) is 9.59 Å². The molecule has 0 aliphatic rings. The molecule has 3 heteroatoms. The second-order valence-electron chi connectivity index (χ2n) is 5.75. The van der Waals surface area contributed by atoms with Crippen LogP contribution >= 0.6 is 0 Å². The molecule has 0 atom stereocenters. The highest BCUT2D eigenvalue weighted by Crippen LogP contribution is 2.29. The summed E-state index contributed by atoms with van der Waals surface area (Å²) in [4.78, 5) is 26.5. The van der Waals surface area contributed by atoms with E-state index in [-0.39, 0.29) is 11.6 Å². The third-order valence-corrected chi connectivity index (χ3v) is 4.08. The molecule has 2 aromatic carbocycles. The van der Waals surface area contributed by atoms with Crippen molar-refractivity contribution in [3.63, 3.8) is 0 Å². The summed E-state index contributed by atoms with van der Waals surface area (Å²) in [5.74, 6) is -0.514. The second kappa shape index (κ2) is 8.55. The van der Waals surface area contributed by atoms with Crippen LogP contribution in [-0.4, -0.2) is 23.8 Å². The Labute approximate surface area is 143 Å². The quantitative estimate of drug-likeness (QED) is 0.495. The first-order valence-corrected chi connectivity index (χ1v) is 8.49. The highest BCUT2D eigenvalue weighted by Gasteiger charge is 2.46. The molecule has 0 amide bonds. The van der Waals surface area contributed by atoms with E-state index in [4.69, 9.17) is 4.74 Å². The van der Waals surface area contributed by atoms with Crippen LogP contribution in [0.25, 0.3) is 0 Å². The molecule has 0 saturated carbocycles. The van der Waals surface area contributed by atoms with Crippen LogP contribution < -0.4 is 0 Å². The molecule has 0 heterocycles. The lowest BCUT2D eigenvalue weighted by molar-refractivity contribution is -0.0136. The highest BCUT2D eigenvalue weighted by molar-refractivity contribution is 6.22. The average Bonchev–Trinajstić information content (AvgIpc) is 2.65. The number of ketones is 2. The van der Waals surface area contributed by atoms with Crippen molar-refractivity contribution in [2.75, 3.05) is 6.61 Å². The summed E-state index contributed by atoms with van der Waals surface area (Å²) in [6.45, 7) is 4.16. The third-order valence-electron chi connectivity index (χ3n) is 4.08. The first kappa shape index (κ1) is 18.1. The van der Waals surface area contributed by atoms with E-state index in [2.05, 4.69) is 0 Å². The van der Waals surface area contributed by atoms with Crippen LogP contribution in [-0.2, 0) is 4.74 Å². The number of ether oxygens (including phenoxy) is 1. The molecule has 0 unspecified atom stereocenters. The maximum atomic E-state index is 13.2. The molecule has 0 aromatic heterocycles. The minimum atomic E-state index is -1.45. The van der Waals surface area contributed by atoms with Gasteiger partial charge in [-0.25, -0.2) is 0 Å². The van der Waals surface area contributed by atoms with Gasteiger partial charge in [-0.15, -0.1) is 0 Å². The molecule has 0 bridgehead atoms. The number of hydrogen-bond acceptors (Lipinski definition) is 3. The van der Waals surface area contributed by atoms with Gasteiger partial charge >= 0.3 is 0 Å². The Morgan fingerprint density at radius 3 is 1.67 bits per heavy atom. The number of benzene rings is 2. The standard InChI is InChI=1S/C21H24O3/c1-3-5-16-21(24-4-2,19(22)17-12-8-6-9-13-17)20(23)18-14-10-7-11-15-18/h6-15H,3-5,16H2,1-2H3. The van der Waals surface area contributed by atoms with Gasteiger partial charge < -0.3 is 4.74 Å². The van der Waals surface area contributed by atoms with Crippen LogP contribution in [0, 0.1) is 0 Å². The molecule has 2 aromatic rings. The fourth-order valence-corrected chi connectivity index (χ4v) is 2.85. The topological polar surface area (TPSA) is 43.4 Å². The van der Waals surface area contributed by atoms with Crippen molar-refractivity contribution in [3.05, 3.63) is 71.8 Å². The SMILES string of the molecule is CCCCC(OCC)(C(=O)c1ccccc1)C(=O)c1ccccc1. The van der Waals surface area contributed by atoms with Crippen LogP contribution in [0.4, 0.5) is 0 Å². The summed E-state index contributed by atoms with van der Waals surface area (Å²) in [7, 11) is 0. The lowest BCUT2D eigenvalue weighted by Gasteiger charge is -2.31. The van der Waals surface area contributed by atoms with Gasteiger partial charge in [-0.05, 0) is 19.8 Å². The molecule has 0 saturated heterocycles. The Bertz CT molecular complexity index is 610. The van der Waals surface area contributed by atoms with Gasteiger partial charge in [-0.3, -0.25) is 9.59 Å². The summed E-state index contributed by atoms with van der Waals surface area (Å²) < 4.78 is 5.87. The zero-order chi connectivity index (χ0) is 17.4. The zero-order valence-electron chi connectivity index (χ0n) is 14.3. The maximum absolute atomic E-state index is 13.2. The number of rotatable bonds is 9. The Balaban J connectivity index is 2.50. The summed E-state index contributed by atoms with van der Waals surface area (Å²) in [6, 6.07) is 17.9. The van der Waals surface area contributed by atoms with Gasteiger partial charge in [0.1, 0.15) is 0 Å². The van der Waals surface area contributed by atoms with Crippen molar-refractivity contribution >= 4 is 11.6 Å². The van der Waals surface area contributed by atoms with E-state index >= 15 is 0 Å². The number of carbonyl (C=O) groups excluding carboxylic acids is 2. The second-order valence-corrected chi connectivity index (χ2v) is 5.75. The summed E-state index contributed by atoms with van der Waals surface area (Å²) in [5.41, 5.74) is -0.439. The van der Waals surface area contributed by atoms with E-state index < -0.39 is 5.60 Å². The van der Waals surface area contributed by atoms with Gasteiger partial charge in [0.25, 0.3) is 0 Å². The summed E-state index contributed by atoms with van der Waals surface area (Å²) in [6.07, 6.45) is 2.02. The molecular weight excluding hydrogens is 300 g/mol. The molecule has 2 rings (SSSR count). The van der Waals surface area contributed by atoms with Gasteiger partial charge in [0.15, 0.2) is 5.60 Å². The molecule has 0 N–H and O–H groups in total. The predicted octanol–water partition coefficient (Wildman–Crippen LogP) is 4.72.